The lowest BCUT2D eigenvalue weighted by molar-refractivity contribution is -0.133. The van der Waals surface area contributed by atoms with Crippen LogP contribution < -0.4 is 0 Å². The maximum Gasteiger partial charge on any atom is 0.223 e. The molecule has 5 nitrogen and oxygen atoms in total. The smallest absolute Gasteiger partial charge is 0.223 e. The van der Waals surface area contributed by atoms with Gasteiger partial charge in [-0.25, -0.2) is 0 Å². The number of amides is 1. The van der Waals surface area contributed by atoms with E-state index in [-0.39, 0.29) is 0 Å². The summed E-state index contributed by atoms with van der Waals surface area (Å²) in [5, 5.41) is 4.18. The molecule has 5 heteroatoms. The van der Waals surface area contributed by atoms with Crippen molar-refractivity contribution in [3.05, 3.63) is 18.0 Å². The molecule has 0 aliphatic carbocycles. The number of aromatic nitrogens is 2. The summed E-state index contributed by atoms with van der Waals surface area (Å²) in [5.74, 6) is 0.328. The van der Waals surface area contributed by atoms with E-state index >= 15 is 0 Å². The van der Waals surface area contributed by atoms with E-state index in [0.717, 1.165) is 31.5 Å². The van der Waals surface area contributed by atoms with Crippen molar-refractivity contribution in [1.82, 2.24) is 19.6 Å². The van der Waals surface area contributed by atoms with Crippen LogP contribution in [0.5, 0.6) is 0 Å². The number of carbonyl (C=O) groups is 1. The number of carbonyl (C=O) groups excluding carboxylic acids is 1. The Morgan fingerprint density at radius 2 is 2.05 bits per heavy atom. The number of hydrogen-bond donors (Lipinski definition) is 0. The van der Waals surface area contributed by atoms with Gasteiger partial charge in [-0.1, -0.05) is 6.92 Å². The van der Waals surface area contributed by atoms with Crippen molar-refractivity contribution in [2.75, 3.05) is 19.6 Å². The highest BCUT2D eigenvalue weighted by molar-refractivity contribution is 5.77. The van der Waals surface area contributed by atoms with Gasteiger partial charge >= 0.3 is 0 Å². The fourth-order valence-electron chi connectivity index (χ4n) is 4.18. The van der Waals surface area contributed by atoms with E-state index in [2.05, 4.69) is 21.8 Å². The van der Waals surface area contributed by atoms with Gasteiger partial charge in [0.15, 0.2) is 0 Å². The Balaban J connectivity index is 1.58. The van der Waals surface area contributed by atoms with Crippen molar-refractivity contribution >= 4 is 5.91 Å². The second-order valence-electron chi connectivity index (χ2n) is 6.66. The fraction of sp³-hybridized carbons (Fsp3) is 0.765. The average Bonchev–Trinajstić information content (AvgIpc) is 3.23. The molecule has 2 aliphatic heterocycles. The van der Waals surface area contributed by atoms with Crippen molar-refractivity contribution in [2.45, 2.75) is 57.5 Å². The molecule has 1 amide bonds. The first-order valence-electron chi connectivity index (χ1n) is 8.70. The lowest BCUT2D eigenvalue weighted by Gasteiger charge is -2.34. The minimum atomic E-state index is 0.328. The summed E-state index contributed by atoms with van der Waals surface area (Å²) in [6.45, 7) is 5.50. The van der Waals surface area contributed by atoms with Crippen LogP contribution in [0.25, 0.3) is 0 Å². The molecule has 22 heavy (non-hydrogen) atoms. The number of hydrogen-bond acceptors (Lipinski definition) is 3. The van der Waals surface area contributed by atoms with Crippen LogP contribution in [-0.4, -0.2) is 57.2 Å². The van der Waals surface area contributed by atoms with Crippen molar-refractivity contribution in [3.8, 4) is 0 Å². The Kier molecular flexibility index (Phi) is 4.81. The van der Waals surface area contributed by atoms with E-state index in [1.165, 1.54) is 25.8 Å². The molecule has 1 aromatic heterocycles. The standard InChI is InChI=1S/C17H28N4O/c1-3-20-10-4-6-15(20)16-7-5-11-21(16)17(22)9-8-14-12-18-19(2)13-14/h12-13,15-16H,3-11H2,1-2H3/t15-,16+/m0/s1. The van der Waals surface area contributed by atoms with E-state index < -0.39 is 0 Å². The summed E-state index contributed by atoms with van der Waals surface area (Å²) in [6, 6.07) is 1.04. The van der Waals surface area contributed by atoms with Gasteiger partial charge in [-0.3, -0.25) is 14.4 Å². The molecule has 0 spiro atoms. The Morgan fingerprint density at radius 3 is 2.77 bits per heavy atom. The predicted octanol–water partition coefficient (Wildman–Crippen LogP) is 1.83. The number of aryl methyl sites for hydroxylation is 2. The maximum absolute atomic E-state index is 12.7. The first kappa shape index (κ1) is 15.5. The van der Waals surface area contributed by atoms with Crippen LogP contribution in [0, 0.1) is 0 Å². The van der Waals surface area contributed by atoms with E-state index in [9.17, 15) is 4.79 Å². The topological polar surface area (TPSA) is 41.4 Å². The van der Waals surface area contributed by atoms with Gasteiger partial charge in [0.1, 0.15) is 0 Å². The molecule has 0 unspecified atom stereocenters. The normalized spacial score (nSPS) is 26.0. The third-order valence-electron chi connectivity index (χ3n) is 5.27. The molecule has 0 bridgehead atoms. The van der Waals surface area contributed by atoms with Crippen LogP contribution in [0.15, 0.2) is 12.4 Å². The lowest BCUT2D eigenvalue weighted by atomic mass is 10.0. The van der Waals surface area contributed by atoms with Crippen molar-refractivity contribution in [1.29, 1.82) is 0 Å². The Bertz CT molecular complexity index is 513. The Labute approximate surface area is 133 Å². The molecular weight excluding hydrogens is 276 g/mol. The van der Waals surface area contributed by atoms with E-state index in [0.29, 0.717) is 24.4 Å². The highest BCUT2D eigenvalue weighted by Gasteiger charge is 2.38. The number of likely N-dealkylation sites (tertiary alicyclic amines) is 2. The van der Waals surface area contributed by atoms with Crippen molar-refractivity contribution in [2.24, 2.45) is 7.05 Å². The van der Waals surface area contributed by atoms with Gasteiger partial charge < -0.3 is 4.90 Å². The van der Waals surface area contributed by atoms with Crippen LogP contribution >= 0.6 is 0 Å². The second-order valence-corrected chi connectivity index (χ2v) is 6.66. The molecule has 2 saturated heterocycles. The van der Waals surface area contributed by atoms with Gasteiger partial charge in [-0.05, 0) is 50.8 Å². The molecule has 1 aromatic rings. The molecule has 2 atom stereocenters. The van der Waals surface area contributed by atoms with Crippen LogP contribution in [0.3, 0.4) is 0 Å². The minimum Gasteiger partial charge on any atom is -0.338 e. The summed E-state index contributed by atoms with van der Waals surface area (Å²) in [7, 11) is 1.92. The second kappa shape index (κ2) is 6.82. The highest BCUT2D eigenvalue weighted by atomic mass is 16.2. The molecule has 0 saturated carbocycles. The van der Waals surface area contributed by atoms with Crippen LogP contribution in [0.4, 0.5) is 0 Å². The highest BCUT2D eigenvalue weighted by Crippen LogP contribution is 2.30. The number of nitrogens with zero attached hydrogens (tertiary/aromatic N) is 4. The third-order valence-corrected chi connectivity index (χ3v) is 5.27. The lowest BCUT2D eigenvalue weighted by Crippen LogP contribution is -2.48. The Hall–Kier alpha value is -1.36. The summed E-state index contributed by atoms with van der Waals surface area (Å²) in [5.41, 5.74) is 1.16. The molecule has 0 N–H and O–H groups in total. The SMILES string of the molecule is CCN1CCC[C@H]1[C@H]1CCCN1C(=O)CCc1cnn(C)c1. The van der Waals surface area contributed by atoms with E-state index in [4.69, 9.17) is 0 Å². The van der Waals surface area contributed by atoms with Gasteiger partial charge in [0.05, 0.1) is 6.20 Å². The minimum absolute atomic E-state index is 0.328. The first-order valence-corrected chi connectivity index (χ1v) is 8.70. The van der Waals surface area contributed by atoms with Gasteiger partial charge in [0, 0.05) is 38.3 Å². The zero-order chi connectivity index (χ0) is 15.5. The van der Waals surface area contributed by atoms with Gasteiger partial charge in [-0.15, -0.1) is 0 Å². The summed E-state index contributed by atoms with van der Waals surface area (Å²) in [4.78, 5) is 17.4. The van der Waals surface area contributed by atoms with E-state index in [1.807, 2.05) is 19.4 Å². The monoisotopic (exact) mass is 304 g/mol. The summed E-state index contributed by atoms with van der Waals surface area (Å²) in [6.07, 6.45) is 10.2. The zero-order valence-electron chi connectivity index (χ0n) is 13.9. The molecular formula is C17H28N4O. The number of likely N-dealkylation sites (N-methyl/N-ethyl adjacent to an activating group) is 1. The average molecular weight is 304 g/mol. The molecule has 2 aliphatic rings. The third kappa shape index (κ3) is 3.19. The fourth-order valence-corrected chi connectivity index (χ4v) is 4.18. The zero-order valence-corrected chi connectivity index (χ0v) is 13.9. The van der Waals surface area contributed by atoms with Gasteiger partial charge in [0.2, 0.25) is 5.91 Å². The largest absolute Gasteiger partial charge is 0.338 e. The molecule has 0 aromatic carbocycles. The van der Waals surface area contributed by atoms with Crippen LogP contribution in [-0.2, 0) is 18.3 Å². The molecule has 0 radical (unpaired) electrons. The quantitative estimate of drug-likeness (QED) is 0.833. The van der Waals surface area contributed by atoms with Crippen molar-refractivity contribution in [3.63, 3.8) is 0 Å². The molecule has 2 fully saturated rings. The van der Waals surface area contributed by atoms with E-state index in [1.54, 1.807) is 4.68 Å². The summed E-state index contributed by atoms with van der Waals surface area (Å²) < 4.78 is 1.80. The molecule has 3 heterocycles. The first-order chi connectivity index (χ1) is 10.7. The maximum atomic E-state index is 12.7. The van der Waals surface area contributed by atoms with Gasteiger partial charge in [0.25, 0.3) is 0 Å². The van der Waals surface area contributed by atoms with Crippen molar-refractivity contribution < 1.29 is 4.79 Å². The van der Waals surface area contributed by atoms with Gasteiger partial charge in [-0.2, -0.15) is 5.10 Å². The van der Waals surface area contributed by atoms with Crippen LogP contribution in [0.2, 0.25) is 0 Å². The predicted molar refractivity (Wildman–Crippen MR) is 86.5 cm³/mol. The molecule has 3 rings (SSSR count). The summed E-state index contributed by atoms with van der Waals surface area (Å²) >= 11 is 0. The Morgan fingerprint density at radius 1 is 1.27 bits per heavy atom. The number of rotatable bonds is 5. The molecule has 122 valence electrons. The van der Waals surface area contributed by atoms with Crippen LogP contribution in [0.1, 0.15) is 44.6 Å².